The average molecular weight is 448 g/mol. The summed E-state index contributed by atoms with van der Waals surface area (Å²) < 4.78 is 16.5. The minimum Gasteiger partial charge on any atom is -0.471 e. The van der Waals surface area contributed by atoms with E-state index in [2.05, 4.69) is 0 Å². The first-order chi connectivity index (χ1) is 15.6. The van der Waals surface area contributed by atoms with Crippen molar-refractivity contribution in [2.24, 2.45) is 0 Å². The van der Waals surface area contributed by atoms with E-state index in [4.69, 9.17) is 25.5 Å². The smallest absolute Gasteiger partial charge is 0.339 e. The number of esters is 1. The van der Waals surface area contributed by atoms with Gasteiger partial charge in [0, 0.05) is 11.5 Å². The molecule has 0 saturated heterocycles. The van der Waals surface area contributed by atoms with Crippen LogP contribution in [0.5, 0.6) is 5.75 Å². The van der Waals surface area contributed by atoms with Crippen LogP contribution < -0.4 is 15.3 Å². The van der Waals surface area contributed by atoms with Crippen molar-refractivity contribution in [2.75, 3.05) is 18.7 Å². The van der Waals surface area contributed by atoms with Crippen molar-refractivity contribution in [3.8, 4) is 16.9 Å². The summed E-state index contributed by atoms with van der Waals surface area (Å²) in [6, 6.07) is 19.9. The molecule has 5 rings (SSSR count). The highest BCUT2D eigenvalue weighted by Crippen LogP contribution is 2.42. The Balaban J connectivity index is 1.69. The number of methoxy groups -OCH3 is 1. The molecule has 0 atom stereocenters. The Bertz CT molecular complexity index is 1400. The number of anilines is 1. The first kappa shape index (κ1) is 20.2. The number of hydrogen-bond acceptors (Lipinski definition) is 6. The van der Waals surface area contributed by atoms with E-state index in [9.17, 15) is 9.59 Å². The number of ether oxygens (including phenoxy) is 2. The lowest BCUT2D eigenvalue weighted by Crippen LogP contribution is -2.33. The summed E-state index contributed by atoms with van der Waals surface area (Å²) in [5.41, 5.74) is 3.27. The van der Waals surface area contributed by atoms with Crippen LogP contribution in [0.4, 0.5) is 5.69 Å². The standard InChI is InChI=1S/C25H18ClNO5/c1-30-25(29)16-9-5-6-10-21(16)27-13-19-23-18(11-20(26)24(19)31-14-27)17(12-22(28)32-23)15-7-3-2-4-8-15/h2-12H,13-14H2,1H3. The van der Waals surface area contributed by atoms with Gasteiger partial charge in [-0.25, -0.2) is 9.59 Å². The summed E-state index contributed by atoms with van der Waals surface area (Å²) >= 11 is 6.58. The van der Waals surface area contributed by atoms with E-state index in [0.717, 1.165) is 11.1 Å². The van der Waals surface area contributed by atoms with Gasteiger partial charge in [-0.2, -0.15) is 0 Å². The van der Waals surface area contributed by atoms with Crippen LogP contribution >= 0.6 is 11.6 Å². The number of fused-ring (bicyclic) bond motifs is 3. The Kier molecular flexibility index (Phi) is 5.07. The molecule has 4 aromatic rings. The van der Waals surface area contributed by atoms with Crippen LogP contribution in [0.25, 0.3) is 22.1 Å². The van der Waals surface area contributed by atoms with Crippen LogP contribution in [0.3, 0.4) is 0 Å². The molecule has 0 fully saturated rings. The molecule has 32 heavy (non-hydrogen) atoms. The zero-order chi connectivity index (χ0) is 22.2. The van der Waals surface area contributed by atoms with E-state index in [1.165, 1.54) is 13.2 Å². The number of benzene rings is 3. The fraction of sp³-hybridized carbons (Fsp3) is 0.120. The number of carbonyl (C=O) groups excluding carboxylic acids is 1. The lowest BCUT2D eigenvalue weighted by molar-refractivity contribution is 0.0601. The highest BCUT2D eigenvalue weighted by atomic mass is 35.5. The average Bonchev–Trinajstić information content (AvgIpc) is 2.84. The van der Waals surface area contributed by atoms with Gasteiger partial charge < -0.3 is 18.8 Å². The summed E-state index contributed by atoms with van der Waals surface area (Å²) in [5.74, 6) is 0.0274. The molecule has 160 valence electrons. The lowest BCUT2D eigenvalue weighted by Gasteiger charge is -2.32. The topological polar surface area (TPSA) is 69.0 Å². The van der Waals surface area contributed by atoms with E-state index in [1.807, 2.05) is 47.4 Å². The van der Waals surface area contributed by atoms with Gasteiger partial charge in [-0.15, -0.1) is 0 Å². The minimum absolute atomic E-state index is 0.175. The molecule has 3 aromatic carbocycles. The second kappa shape index (κ2) is 8.05. The summed E-state index contributed by atoms with van der Waals surface area (Å²) in [4.78, 5) is 26.6. The monoisotopic (exact) mass is 447 g/mol. The van der Waals surface area contributed by atoms with Crippen molar-refractivity contribution < 1.29 is 18.7 Å². The zero-order valence-corrected chi connectivity index (χ0v) is 17.9. The summed E-state index contributed by atoms with van der Waals surface area (Å²) in [5, 5.41) is 1.14. The molecule has 0 amide bonds. The van der Waals surface area contributed by atoms with Gasteiger partial charge >= 0.3 is 11.6 Å². The molecule has 1 aromatic heterocycles. The molecule has 1 aliphatic rings. The molecule has 0 N–H and O–H groups in total. The molecule has 2 heterocycles. The largest absolute Gasteiger partial charge is 0.471 e. The minimum atomic E-state index is -0.465. The highest BCUT2D eigenvalue weighted by molar-refractivity contribution is 6.33. The van der Waals surface area contributed by atoms with Crippen LogP contribution in [-0.2, 0) is 11.3 Å². The number of rotatable bonds is 3. The van der Waals surface area contributed by atoms with Crippen LogP contribution in [0, 0.1) is 0 Å². The van der Waals surface area contributed by atoms with Crippen molar-refractivity contribution in [1.29, 1.82) is 0 Å². The summed E-state index contributed by atoms with van der Waals surface area (Å²) in [6.45, 7) is 0.510. The second-order valence-corrected chi connectivity index (χ2v) is 7.78. The van der Waals surface area contributed by atoms with Gasteiger partial charge in [0.1, 0.15) is 11.3 Å². The van der Waals surface area contributed by atoms with Crippen molar-refractivity contribution in [3.05, 3.63) is 93.3 Å². The van der Waals surface area contributed by atoms with Crippen molar-refractivity contribution in [2.45, 2.75) is 6.54 Å². The fourth-order valence-corrected chi connectivity index (χ4v) is 4.31. The van der Waals surface area contributed by atoms with Gasteiger partial charge in [-0.3, -0.25) is 0 Å². The zero-order valence-electron chi connectivity index (χ0n) is 17.1. The van der Waals surface area contributed by atoms with Crippen LogP contribution in [0.15, 0.2) is 75.9 Å². The molecule has 6 nitrogen and oxygen atoms in total. The quantitative estimate of drug-likeness (QED) is 0.315. The van der Waals surface area contributed by atoms with Crippen LogP contribution in [-0.4, -0.2) is 19.8 Å². The predicted molar refractivity (Wildman–Crippen MR) is 122 cm³/mol. The molecule has 0 spiro atoms. The molecule has 7 heteroatoms. The van der Waals surface area contributed by atoms with E-state index < -0.39 is 11.6 Å². The Labute approximate surface area is 188 Å². The number of hydrogen-bond donors (Lipinski definition) is 0. The van der Waals surface area contributed by atoms with E-state index >= 15 is 0 Å². The van der Waals surface area contributed by atoms with E-state index in [0.29, 0.717) is 45.1 Å². The van der Waals surface area contributed by atoms with Crippen LogP contribution in [0.2, 0.25) is 5.02 Å². The van der Waals surface area contributed by atoms with E-state index in [1.54, 1.807) is 18.2 Å². The van der Waals surface area contributed by atoms with Gasteiger partial charge in [0.05, 0.1) is 35.5 Å². The molecule has 0 radical (unpaired) electrons. The summed E-state index contributed by atoms with van der Waals surface area (Å²) in [7, 11) is 1.34. The maximum Gasteiger partial charge on any atom is 0.339 e. The molecule has 1 aliphatic heterocycles. The number of carbonyl (C=O) groups is 1. The maximum absolute atomic E-state index is 12.5. The number of para-hydroxylation sites is 1. The Morgan fingerprint density at radius 3 is 2.59 bits per heavy atom. The Hall–Kier alpha value is -3.77. The summed E-state index contributed by atoms with van der Waals surface area (Å²) in [6.07, 6.45) is 0. The van der Waals surface area contributed by atoms with Gasteiger partial charge in [0.2, 0.25) is 0 Å². The molecule has 0 bridgehead atoms. The maximum atomic E-state index is 12.5. The van der Waals surface area contributed by atoms with Gasteiger partial charge in [0.25, 0.3) is 0 Å². The normalized spacial score (nSPS) is 12.9. The molecule has 0 unspecified atom stereocenters. The number of nitrogens with zero attached hydrogens (tertiary/aromatic N) is 1. The molecule has 0 aliphatic carbocycles. The SMILES string of the molecule is COC(=O)c1ccccc1N1COc2c(Cl)cc3c(-c4ccccc4)cc(=O)oc3c2C1. The Morgan fingerprint density at radius 1 is 1.06 bits per heavy atom. The highest BCUT2D eigenvalue weighted by Gasteiger charge is 2.27. The third-order valence-corrected chi connectivity index (χ3v) is 5.77. The molecule has 0 saturated carbocycles. The lowest BCUT2D eigenvalue weighted by atomic mass is 9.99. The van der Waals surface area contributed by atoms with Crippen molar-refractivity contribution in [3.63, 3.8) is 0 Å². The third-order valence-electron chi connectivity index (χ3n) is 5.48. The molecular formula is C25H18ClNO5. The third kappa shape index (κ3) is 3.39. The van der Waals surface area contributed by atoms with Gasteiger partial charge in [-0.05, 0) is 29.3 Å². The van der Waals surface area contributed by atoms with Gasteiger partial charge in [0.15, 0.2) is 6.73 Å². The molecular weight excluding hydrogens is 430 g/mol. The first-order valence-corrected chi connectivity index (χ1v) is 10.3. The van der Waals surface area contributed by atoms with Gasteiger partial charge in [-0.1, -0.05) is 54.1 Å². The van der Waals surface area contributed by atoms with Crippen LogP contribution in [0.1, 0.15) is 15.9 Å². The number of halogens is 1. The second-order valence-electron chi connectivity index (χ2n) is 7.37. The van der Waals surface area contributed by atoms with E-state index in [-0.39, 0.29) is 6.73 Å². The van der Waals surface area contributed by atoms with Crippen molar-refractivity contribution >= 4 is 34.2 Å². The van der Waals surface area contributed by atoms with Crippen molar-refractivity contribution in [1.82, 2.24) is 0 Å². The Morgan fingerprint density at radius 2 is 1.81 bits per heavy atom. The predicted octanol–water partition coefficient (Wildman–Crippen LogP) is 5.26. The first-order valence-electron chi connectivity index (χ1n) is 9.96. The fourth-order valence-electron chi connectivity index (χ4n) is 4.03.